The summed E-state index contributed by atoms with van der Waals surface area (Å²) >= 11 is 0. The fourth-order valence-corrected chi connectivity index (χ4v) is 4.78. The van der Waals surface area contributed by atoms with Crippen LogP contribution in [0.2, 0.25) is 0 Å². The molecule has 0 aromatic rings. The highest BCUT2D eigenvalue weighted by molar-refractivity contribution is 5.04. The zero-order valence-corrected chi connectivity index (χ0v) is 14.5. The van der Waals surface area contributed by atoms with Gasteiger partial charge in [0.2, 0.25) is 0 Å². The van der Waals surface area contributed by atoms with Crippen LogP contribution in [0.3, 0.4) is 0 Å². The van der Waals surface area contributed by atoms with Gasteiger partial charge in [-0.15, -0.1) is 0 Å². The number of hydrogen-bond donors (Lipinski definition) is 1. The summed E-state index contributed by atoms with van der Waals surface area (Å²) < 4.78 is 0. The van der Waals surface area contributed by atoms with Gasteiger partial charge < -0.3 is 5.32 Å². The van der Waals surface area contributed by atoms with Crippen LogP contribution in [-0.4, -0.2) is 36.1 Å². The third-order valence-electron chi connectivity index (χ3n) is 6.51. The highest BCUT2D eigenvalue weighted by atomic mass is 15.3. The second-order valence-corrected chi connectivity index (χ2v) is 8.65. The molecular formula is C19H36N2. The molecule has 0 radical (unpaired) electrons. The maximum absolute atomic E-state index is 3.92. The fraction of sp³-hybridized carbons (Fsp3) is 1.00. The third-order valence-corrected chi connectivity index (χ3v) is 6.51. The minimum absolute atomic E-state index is 0.401. The average Bonchev–Trinajstić information content (AvgIpc) is 3.31. The summed E-state index contributed by atoms with van der Waals surface area (Å²) in [6.45, 7) is 11.1. The van der Waals surface area contributed by atoms with Crippen LogP contribution in [0.15, 0.2) is 0 Å². The largest absolute Gasteiger partial charge is 0.308 e. The van der Waals surface area contributed by atoms with Gasteiger partial charge in [-0.25, -0.2) is 0 Å². The molecule has 2 heteroatoms. The van der Waals surface area contributed by atoms with Crippen LogP contribution in [0.1, 0.15) is 72.1 Å². The van der Waals surface area contributed by atoms with E-state index in [1.54, 1.807) is 0 Å². The molecule has 2 unspecified atom stereocenters. The predicted molar refractivity (Wildman–Crippen MR) is 90.5 cm³/mol. The molecule has 122 valence electrons. The van der Waals surface area contributed by atoms with Crippen molar-refractivity contribution >= 4 is 0 Å². The molecule has 1 saturated heterocycles. The maximum Gasteiger partial charge on any atom is 0.0309 e. The highest BCUT2D eigenvalue weighted by Gasteiger charge is 2.46. The first-order valence-corrected chi connectivity index (χ1v) is 9.57. The van der Waals surface area contributed by atoms with Crippen LogP contribution in [0.4, 0.5) is 0 Å². The van der Waals surface area contributed by atoms with Crippen molar-refractivity contribution in [3.05, 3.63) is 0 Å². The van der Waals surface area contributed by atoms with E-state index in [0.717, 1.165) is 23.8 Å². The number of rotatable bonds is 5. The summed E-state index contributed by atoms with van der Waals surface area (Å²) in [6, 6.07) is 0.750. The van der Waals surface area contributed by atoms with Crippen LogP contribution in [0, 0.1) is 17.8 Å². The Morgan fingerprint density at radius 1 is 1.10 bits per heavy atom. The zero-order chi connectivity index (χ0) is 14.9. The van der Waals surface area contributed by atoms with Crippen LogP contribution in [0.5, 0.6) is 0 Å². The molecule has 2 saturated carbocycles. The maximum atomic E-state index is 3.92. The molecule has 21 heavy (non-hydrogen) atoms. The van der Waals surface area contributed by atoms with Gasteiger partial charge in [0.25, 0.3) is 0 Å². The van der Waals surface area contributed by atoms with Crippen molar-refractivity contribution < 1.29 is 0 Å². The number of nitrogens with one attached hydrogen (secondary N) is 1. The Kier molecular flexibility index (Phi) is 4.95. The lowest BCUT2D eigenvalue weighted by molar-refractivity contribution is 0.0465. The van der Waals surface area contributed by atoms with Crippen LogP contribution in [0.25, 0.3) is 0 Å². The molecule has 0 bridgehead atoms. The minimum Gasteiger partial charge on any atom is -0.308 e. The van der Waals surface area contributed by atoms with Crippen molar-refractivity contribution in [2.45, 2.75) is 83.7 Å². The van der Waals surface area contributed by atoms with Crippen LogP contribution < -0.4 is 5.32 Å². The van der Waals surface area contributed by atoms with Crippen LogP contribution in [-0.2, 0) is 0 Å². The quantitative estimate of drug-likeness (QED) is 0.822. The standard InChI is InChI=1S/C19H36N2/c1-15(2)18-13-20-19(3,17-9-10-17)14-21(18)12-11-16-7-5-4-6-8-16/h15-18,20H,4-14H2,1-3H3. The lowest BCUT2D eigenvalue weighted by Crippen LogP contribution is -2.65. The number of piperazine rings is 1. The molecular weight excluding hydrogens is 256 g/mol. The molecule has 0 spiro atoms. The Balaban J connectivity index is 1.57. The van der Waals surface area contributed by atoms with Crippen molar-refractivity contribution in [3.63, 3.8) is 0 Å². The van der Waals surface area contributed by atoms with Crippen molar-refractivity contribution in [2.24, 2.45) is 17.8 Å². The zero-order valence-electron chi connectivity index (χ0n) is 14.5. The molecule has 1 heterocycles. The molecule has 1 N–H and O–H groups in total. The smallest absolute Gasteiger partial charge is 0.0309 e. The summed E-state index contributed by atoms with van der Waals surface area (Å²) in [6.07, 6.45) is 11.8. The van der Waals surface area contributed by atoms with E-state index in [0.29, 0.717) is 5.54 Å². The van der Waals surface area contributed by atoms with Crippen LogP contribution >= 0.6 is 0 Å². The second-order valence-electron chi connectivity index (χ2n) is 8.65. The fourth-order valence-electron chi connectivity index (χ4n) is 4.78. The molecule has 2 nitrogen and oxygen atoms in total. The van der Waals surface area contributed by atoms with E-state index in [2.05, 4.69) is 31.0 Å². The molecule has 2 aliphatic carbocycles. The first kappa shape index (κ1) is 15.8. The van der Waals surface area contributed by atoms with E-state index < -0.39 is 0 Å². The van der Waals surface area contributed by atoms with E-state index >= 15 is 0 Å². The summed E-state index contributed by atoms with van der Waals surface area (Å²) in [5, 5.41) is 3.92. The van der Waals surface area contributed by atoms with Gasteiger partial charge in [0, 0.05) is 24.7 Å². The highest BCUT2D eigenvalue weighted by Crippen LogP contribution is 2.42. The monoisotopic (exact) mass is 292 g/mol. The lowest BCUT2D eigenvalue weighted by Gasteiger charge is -2.48. The summed E-state index contributed by atoms with van der Waals surface area (Å²) in [5.74, 6) is 2.74. The first-order chi connectivity index (χ1) is 10.1. The van der Waals surface area contributed by atoms with Gasteiger partial charge in [-0.1, -0.05) is 46.0 Å². The van der Waals surface area contributed by atoms with Crippen molar-refractivity contribution in [1.29, 1.82) is 0 Å². The molecule has 2 atom stereocenters. The predicted octanol–water partition coefficient (Wildman–Crippen LogP) is 4.06. The van der Waals surface area contributed by atoms with E-state index in [9.17, 15) is 0 Å². The molecule has 3 fully saturated rings. The molecule has 3 rings (SSSR count). The SMILES string of the molecule is CC(C)C1CNC(C)(C2CC2)CN1CCC1CCCCC1. The van der Waals surface area contributed by atoms with E-state index in [-0.39, 0.29) is 0 Å². The van der Waals surface area contributed by atoms with Gasteiger partial charge >= 0.3 is 0 Å². The van der Waals surface area contributed by atoms with E-state index in [4.69, 9.17) is 0 Å². The summed E-state index contributed by atoms with van der Waals surface area (Å²) in [7, 11) is 0. The first-order valence-electron chi connectivity index (χ1n) is 9.57. The number of nitrogens with zero attached hydrogens (tertiary/aromatic N) is 1. The van der Waals surface area contributed by atoms with Gasteiger partial charge in [-0.3, -0.25) is 4.90 Å². The number of hydrogen-bond acceptors (Lipinski definition) is 2. The summed E-state index contributed by atoms with van der Waals surface area (Å²) in [4.78, 5) is 2.86. The normalized spacial score (nSPS) is 36.3. The molecule has 0 aromatic carbocycles. The Morgan fingerprint density at radius 3 is 2.43 bits per heavy atom. The molecule has 0 aromatic heterocycles. The van der Waals surface area contributed by atoms with Gasteiger partial charge in [0.15, 0.2) is 0 Å². The Bertz CT molecular complexity index is 330. The second kappa shape index (κ2) is 6.58. The Hall–Kier alpha value is -0.0800. The van der Waals surface area contributed by atoms with E-state index in [1.807, 2.05) is 0 Å². The summed E-state index contributed by atoms with van der Waals surface area (Å²) in [5.41, 5.74) is 0.401. The van der Waals surface area contributed by atoms with Gasteiger partial charge in [-0.05, 0) is 50.5 Å². The minimum atomic E-state index is 0.401. The Morgan fingerprint density at radius 2 is 1.81 bits per heavy atom. The van der Waals surface area contributed by atoms with Crippen molar-refractivity contribution in [3.8, 4) is 0 Å². The van der Waals surface area contributed by atoms with Gasteiger partial charge in [-0.2, -0.15) is 0 Å². The lowest BCUT2D eigenvalue weighted by atomic mass is 9.85. The average molecular weight is 293 g/mol. The molecule has 0 amide bonds. The Labute approximate surface area is 132 Å². The molecule has 1 aliphatic heterocycles. The van der Waals surface area contributed by atoms with Crippen molar-refractivity contribution in [2.75, 3.05) is 19.6 Å². The van der Waals surface area contributed by atoms with Gasteiger partial charge in [0.1, 0.15) is 0 Å². The molecule has 3 aliphatic rings. The van der Waals surface area contributed by atoms with Gasteiger partial charge in [0.05, 0.1) is 0 Å². The van der Waals surface area contributed by atoms with Crippen molar-refractivity contribution in [1.82, 2.24) is 10.2 Å². The topological polar surface area (TPSA) is 15.3 Å². The van der Waals surface area contributed by atoms with E-state index in [1.165, 1.54) is 71.0 Å². The third kappa shape index (κ3) is 3.82.